The van der Waals surface area contributed by atoms with Gasteiger partial charge in [0.1, 0.15) is 5.75 Å². The van der Waals surface area contributed by atoms with E-state index in [1.807, 2.05) is 18.2 Å². The number of fused-ring (bicyclic) bond motifs is 5. The number of benzene rings is 2. The van der Waals surface area contributed by atoms with Crippen LogP contribution >= 0.6 is 0 Å². The quantitative estimate of drug-likeness (QED) is 0.570. The molecule has 2 aromatic rings. The number of allylic oxidation sites excluding steroid dienone is 1. The van der Waals surface area contributed by atoms with Gasteiger partial charge in [-0.05, 0) is 102 Å². The van der Waals surface area contributed by atoms with Crippen molar-refractivity contribution in [2.45, 2.75) is 44.9 Å². The number of aryl methyl sites for hydroxylation is 1. The van der Waals surface area contributed by atoms with E-state index >= 15 is 0 Å². The minimum atomic E-state index is -0.243. The molecular formula is C28H32O4. The summed E-state index contributed by atoms with van der Waals surface area (Å²) < 4.78 is 16.3. The largest absolute Gasteiger partial charge is 0.497 e. The summed E-state index contributed by atoms with van der Waals surface area (Å²) in [4.78, 5) is 13.6. The molecule has 0 spiro atoms. The number of Topliss-reactive ketones (excluding diaryl/α,β-unsaturated/α-hetero) is 1. The van der Waals surface area contributed by atoms with Crippen LogP contribution < -0.4 is 14.2 Å². The molecule has 0 aliphatic heterocycles. The molecule has 32 heavy (non-hydrogen) atoms. The van der Waals surface area contributed by atoms with Gasteiger partial charge in [-0.2, -0.15) is 0 Å². The summed E-state index contributed by atoms with van der Waals surface area (Å²) in [6.07, 6.45) is 7.23. The summed E-state index contributed by atoms with van der Waals surface area (Å²) >= 11 is 0. The van der Waals surface area contributed by atoms with Gasteiger partial charge in [0, 0.05) is 5.41 Å². The van der Waals surface area contributed by atoms with Crippen LogP contribution in [-0.2, 0) is 11.2 Å². The van der Waals surface area contributed by atoms with E-state index in [9.17, 15) is 4.79 Å². The highest BCUT2D eigenvalue weighted by Crippen LogP contribution is 2.61. The molecule has 0 heterocycles. The Labute approximate surface area is 190 Å². The van der Waals surface area contributed by atoms with Crippen LogP contribution in [0.4, 0.5) is 0 Å². The second kappa shape index (κ2) is 7.99. The molecule has 3 aliphatic rings. The molecule has 0 amide bonds. The van der Waals surface area contributed by atoms with E-state index in [-0.39, 0.29) is 5.41 Å². The van der Waals surface area contributed by atoms with Crippen LogP contribution in [0.5, 0.6) is 17.2 Å². The summed E-state index contributed by atoms with van der Waals surface area (Å²) in [5.74, 6) is 4.21. The highest BCUT2D eigenvalue weighted by Gasteiger charge is 2.56. The van der Waals surface area contributed by atoms with Crippen LogP contribution in [0, 0.1) is 17.3 Å². The van der Waals surface area contributed by atoms with Gasteiger partial charge in [-0.3, -0.25) is 4.79 Å². The standard InChI is InChI=1S/C28H32O4/c1-28-12-11-22-21-9-7-20(30-2)15-18(21)6-8-23(22)24(28)16-19(27(28)29)13-17-5-10-25(31-3)26(14-17)32-4/h5,7,9-10,13-15,22-24H,6,8,11-12,16H2,1-4H3/b19-13+/t22-,23-,24-,28-/m1/s1. The van der Waals surface area contributed by atoms with Gasteiger partial charge in [-0.15, -0.1) is 0 Å². The summed E-state index contributed by atoms with van der Waals surface area (Å²) in [5, 5.41) is 0. The first-order valence-corrected chi connectivity index (χ1v) is 11.6. The highest BCUT2D eigenvalue weighted by molar-refractivity contribution is 6.06. The van der Waals surface area contributed by atoms with Crippen molar-refractivity contribution in [1.82, 2.24) is 0 Å². The van der Waals surface area contributed by atoms with Gasteiger partial charge in [0.2, 0.25) is 0 Å². The van der Waals surface area contributed by atoms with Crippen LogP contribution in [0.15, 0.2) is 42.0 Å². The second-order valence-corrected chi connectivity index (χ2v) is 9.75. The number of methoxy groups -OCH3 is 3. The lowest BCUT2D eigenvalue weighted by molar-refractivity contribution is -0.127. The van der Waals surface area contributed by atoms with E-state index in [2.05, 4.69) is 31.2 Å². The first-order chi connectivity index (χ1) is 15.5. The lowest BCUT2D eigenvalue weighted by atomic mass is 9.55. The van der Waals surface area contributed by atoms with Crippen LogP contribution in [0.25, 0.3) is 6.08 Å². The molecule has 4 atom stereocenters. The zero-order valence-corrected chi connectivity index (χ0v) is 19.4. The Hall–Kier alpha value is -2.75. The Kier molecular flexibility index (Phi) is 5.27. The average Bonchev–Trinajstić information content (AvgIpc) is 3.08. The summed E-state index contributed by atoms with van der Waals surface area (Å²) in [7, 11) is 5.01. The van der Waals surface area contributed by atoms with Gasteiger partial charge in [-0.1, -0.05) is 19.1 Å². The predicted octanol–water partition coefficient (Wildman–Crippen LogP) is 5.83. The Balaban J connectivity index is 1.45. The van der Waals surface area contributed by atoms with Crippen LogP contribution in [0.1, 0.15) is 55.2 Å². The van der Waals surface area contributed by atoms with E-state index in [4.69, 9.17) is 14.2 Å². The fourth-order valence-corrected chi connectivity index (χ4v) is 6.63. The van der Waals surface area contributed by atoms with Gasteiger partial charge < -0.3 is 14.2 Å². The predicted molar refractivity (Wildman–Crippen MR) is 126 cm³/mol. The van der Waals surface area contributed by atoms with Crippen molar-refractivity contribution in [3.05, 3.63) is 58.7 Å². The van der Waals surface area contributed by atoms with Crippen molar-refractivity contribution in [2.75, 3.05) is 21.3 Å². The van der Waals surface area contributed by atoms with Crippen molar-refractivity contribution in [2.24, 2.45) is 17.3 Å². The molecule has 2 fully saturated rings. The smallest absolute Gasteiger partial charge is 0.165 e. The number of rotatable bonds is 4. The zero-order valence-electron chi connectivity index (χ0n) is 19.4. The van der Waals surface area contributed by atoms with E-state index in [1.54, 1.807) is 21.3 Å². The fourth-order valence-electron chi connectivity index (χ4n) is 6.63. The summed E-state index contributed by atoms with van der Waals surface area (Å²) in [6.45, 7) is 2.22. The number of ether oxygens (including phenoxy) is 3. The van der Waals surface area contributed by atoms with Crippen molar-refractivity contribution in [3.8, 4) is 17.2 Å². The van der Waals surface area contributed by atoms with Crippen molar-refractivity contribution in [1.29, 1.82) is 0 Å². The number of hydrogen-bond acceptors (Lipinski definition) is 4. The molecule has 2 aromatic carbocycles. The number of ketones is 1. The molecular weight excluding hydrogens is 400 g/mol. The third-order valence-electron chi connectivity index (χ3n) is 8.32. The Morgan fingerprint density at radius 2 is 1.78 bits per heavy atom. The number of hydrogen-bond donors (Lipinski definition) is 0. The third kappa shape index (κ3) is 3.23. The summed E-state index contributed by atoms with van der Waals surface area (Å²) in [5.41, 5.74) is 4.62. The molecule has 168 valence electrons. The highest BCUT2D eigenvalue weighted by atomic mass is 16.5. The molecule has 4 heteroatoms. The lowest BCUT2D eigenvalue weighted by Gasteiger charge is -2.48. The molecule has 2 saturated carbocycles. The van der Waals surface area contributed by atoms with E-state index in [1.165, 1.54) is 11.1 Å². The van der Waals surface area contributed by atoms with Gasteiger partial charge in [0.25, 0.3) is 0 Å². The topological polar surface area (TPSA) is 44.8 Å². The van der Waals surface area contributed by atoms with Gasteiger partial charge in [0.15, 0.2) is 17.3 Å². The SMILES string of the molecule is COc1ccc2c(c1)CC[C@@H]1[C@@H]2CC[C@@]2(C)C(=O)/C(=C/c3ccc(OC)c(OC)c3)C[C@H]12. The molecule has 4 nitrogen and oxygen atoms in total. The van der Waals surface area contributed by atoms with Crippen molar-refractivity contribution in [3.63, 3.8) is 0 Å². The van der Waals surface area contributed by atoms with Crippen molar-refractivity contribution < 1.29 is 19.0 Å². The van der Waals surface area contributed by atoms with Crippen LogP contribution in [-0.4, -0.2) is 27.1 Å². The van der Waals surface area contributed by atoms with E-state index in [0.717, 1.165) is 49.0 Å². The molecule has 0 saturated heterocycles. The zero-order chi connectivity index (χ0) is 22.5. The molecule has 0 N–H and O–H groups in total. The molecule has 3 aliphatic carbocycles. The monoisotopic (exact) mass is 432 g/mol. The molecule has 0 radical (unpaired) electrons. The second-order valence-electron chi connectivity index (χ2n) is 9.75. The van der Waals surface area contributed by atoms with Gasteiger partial charge in [-0.25, -0.2) is 0 Å². The first kappa shape index (κ1) is 21.1. The average molecular weight is 433 g/mol. The third-order valence-corrected chi connectivity index (χ3v) is 8.32. The fraction of sp³-hybridized carbons (Fsp3) is 0.464. The molecule has 0 aromatic heterocycles. The normalized spacial score (nSPS) is 29.8. The Bertz CT molecular complexity index is 1080. The maximum absolute atomic E-state index is 13.6. The lowest BCUT2D eigenvalue weighted by Crippen LogP contribution is -2.42. The Morgan fingerprint density at radius 1 is 0.969 bits per heavy atom. The number of carbonyl (C=O) groups excluding carboxylic acids is 1. The Morgan fingerprint density at radius 3 is 2.53 bits per heavy atom. The number of carbonyl (C=O) groups is 1. The van der Waals surface area contributed by atoms with E-state index in [0.29, 0.717) is 35.0 Å². The maximum Gasteiger partial charge on any atom is 0.165 e. The van der Waals surface area contributed by atoms with Crippen LogP contribution in [0.2, 0.25) is 0 Å². The minimum Gasteiger partial charge on any atom is -0.497 e. The van der Waals surface area contributed by atoms with Gasteiger partial charge in [0.05, 0.1) is 21.3 Å². The summed E-state index contributed by atoms with van der Waals surface area (Å²) in [6, 6.07) is 12.4. The van der Waals surface area contributed by atoms with E-state index < -0.39 is 0 Å². The maximum atomic E-state index is 13.6. The molecule has 0 bridgehead atoms. The van der Waals surface area contributed by atoms with Crippen LogP contribution in [0.3, 0.4) is 0 Å². The molecule has 0 unspecified atom stereocenters. The minimum absolute atomic E-state index is 0.243. The van der Waals surface area contributed by atoms with Gasteiger partial charge >= 0.3 is 0 Å². The first-order valence-electron chi connectivity index (χ1n) is 11.6. The molecule has 5 rings (SSSR count). The van der Waals surface area contributed by atoms with Crippen molar-refractivity contribution >= 4 is 11.9 Å².